The average Bonchev–Trinajstić information content (AvgIpc) is 3.08. The third-order valence-electron chi connectivity index (χ3n) is 11.1. The van der Waals surface area contributed by atoms with Gasteiger partial charge in [-0.05, 0) is 214 Å². The summed E-state index contributed by atoms with van der Waals surface area (Å²) in [5.74, 6) is -1.85. The minimum Gasteiger partial charge on any atom is -0.372 e. The monoisotopic (exact) mass is 830 g/mol. The third kappa shape index (κ3) is 9.22. The van der Waals surface area contributed by atoms with Crippen molar-refractivity contribution in [3.05, 3.63) is 140 Å². The number of benzene rings is 6. The Morgan fingerprint density at radius 2 is 0.712 bits per heavy atom. The van der Waals surface area contributed by atoms with Gasteiger partial charge in [0.05, 0.1) is 5.75 Å². The van der Waals surface area contributed by atoms with E-state index in [0.29, 0.717) is 0 Å². The molecule has 0 atom stereocenters. The van der Waals surface area contributed by atoms with Crippen molar-refractivity contribution < 1.29 is 22.7 Å². The molecule has 2 nitrogen and oxygen atoms in total. The number of carbonyl (C=O) groups excluding carboxylic acids is 1. The van der Waals surface area contributed by atoms with Gasteiger partial charge in [-0.2, -0.15) is 0 Å². The van der Waals surface area contributed by atoms with Crippen molar-refractivity contribution in [1.29, 1.82) is 0 Å². The summed E-state index contributed by atoms with van der Waals surface area (Å²) in [6, 6.07) is 26.5. The molecule has 0 saturated carbocycles. The lowest BCUT2D eigenvalue weighted by atomic mass is 9.84. The van der Waals surface area contributed by atoms with E-state index in [-0.39, 0.29) is 0 Å². The molecule has 0 bridgehead atoms. The molecule has 0 unspecified atom stereocenters. The van der Waals surface area contributed by atoms with Crippen LogP contribution in [0.3, 0.4) is 0 Å². The molecule has 0 aromatic heterocycles. The number of hydrogen-bond donors (Lipinski definition) is 0. The van der Waals surface area contributed by atoms with E-state index in [1.54, 1.807) is 11.8 Å². The fraction of sp³-hybridized carbons (Fsp3) is 0.288. The van der Waals surface area contributed by atoms with Crippen LogP contribution in [0.2, 0.25) is 0 Å². The Morgan fingerprint density at radius 1 is 0.458 bits per heavy atom. The number of alkyl halides is 3. The Kier molecular flexibility index (Phi) is 12.7. The van der Waals surface area contributed by atoms with Gasteiger partial charge in [0, 0.05) is 9.79 Å². The Hall–Kier alpha value is -4.72. The second-order valence-corrected chi connectivity index (χ2v) is 18.1. The van der Waals surface area contributed by atoms with Crippen molar-refractivity contribution >= 4 is 29.5 Å². The van der Waals surface area contributed by atoms with Crippen LogP contribution < -0.4 is 0 Å². The Balaban J connectivity index is 1.79. The van der Waals surface area contributed by atoms with Gasteiger partial charge in [0.15, 0.2) is 0 Å². The van der Waals surface area contributed by atoms with Crippen LogP contribution >= 0.6 is 23.5 Å². The largest absolute Gasteiger partial charge is 0.575 e. The Morgan fingerprint density at radius 3 is 0.949 bits per heavy atom. The van der Waals surface area contributed by atoms with Gasteiger partial charge in [0.2, 0.25) is 0 Å². The molecule has 6 rings (SSSR count). The lowest BCUT2D eigenvalue weighted by Gasteiger charge is -2.25. The standard InChI is InChI=1S/C52H53F3O2S2/c1-27-14-31(5)46(32(6)15-27)41-22-39(23-42(50(41)58-13)47-33(7)16-28(2)17-34(47)8)40-24-43(48-35(9)18-29(3)19-36(48)10)51(59-26-45(56)57-52(53,54)55)44(25-40)49-37(11)20-30(4)21-38(49)12/h14-25H,26H2,1-13H3. The van der Waals surface area contributed by atoms with Crippen molar-refractivity contribution in [2.45, 2.75) is 99.2 Å². The molecule has 0 aliphatic heterocycles. The maximum atomic E-state index is 13.3. The third-order valence-corrected chi connectivity index (χ3v) is 13.0. The molecule has 0 fully saturated rings. The number of rotatable bonds is 9. The summed E-state index contributed by atoms with van der Waals surface area (Å²) in [7, 11) is 0. The average molecular weight is 831 g/mol. The van der Waals surface area contributed by atoms with E-state index in [2.05, 4.69) is 167 Å². The van der Waals surface area contributed by atoms with E-state index in [1.165, 1.54) is 49.4 Å². The molecule has 0 radical (unpaired) electrons. The highest BCUT2D eigenvalue weighted by Gasteiger charge is 2.34. The molecular formula is C52H53F3O2S2. The molecule has 0 heterocycles. The molecule has 0 aliphatic rings. The van der Waals surface area contributed by atoms with Crippen molar-refractivity contribution in [3.63, 3.8) is 0 Å². The normalized spacial score (nSPS) is 11.7. The first-order valence-electron chi connectivity index (χ1n) is 19.8. The van der Waals surface area contributed by atoms with Gasteiger partial charge in [-0.25, -0.2) is 0 Å². The number of esters is 1. The number of carbonyl (C=O) groups is 1. The zero-order valence-electron chi connectivity index (χ0n) is 36.4. The topological polar surface area (TPSA) is 26.3 Å². The molecule has 0 N–H and O–H groups in total. The maximum absolute atomic E-state index is 13.3. The highest BCUT2D eigenvalue weighted by molar-refractivity contribution is 8.00. The van der Waals surface area contributed by atoms with E-state index in [0.717, 1.165) is 94.5 Å². The van der Waals surface area contributed by atoms with Crippen molar-refractivity contribution in [2.75, 3.05) is 12.0 Å². The van der Waals surface area contributed by atoms with Gasteiger partial charge in [0.1, 0.15) is 0 Å². The quantitative estimate of drug-likeness (QED) is 0.107. The van der Waals surface area contributed by atoms with Gasteiger partial charge in [-0.3, -0.25) is 4.79 Å². The van der Waals surface area contributed by atoms with E-state index in [9.17, 15) is 18.0 Å². The molecule has 59 heavy (non-hydrogen) atoms. The van der Waals surface area contributed by atoms with Crippen molar-refractivity contribution in [1.82, 2.24) is 0 Å². The van der Waals surface area contributed by atoms with E-state index < -0.39 is 18.1 Å². The van der Waals surface area contributed by atoms with E-state index in [4.69, 9.17) is 0 Å². The van der Waals surface area contributed by atoms with Crippen LogP contribution in [-0.2, 0) is 9.53 Å². The first kappa shape index (κ1) is 43.8. The fourth-order valence-electron chi connectivity index (χ4n) is 9.42. The minimum absolute atomic E-state index is 0.512. The van der Waals surface area contributed by atoms with E-state index >= 15 is 0 Å². The first-order valence-corrected chi connectivity index (χ1v) is 22.0. The molecule has 6 aromatic carbocycles. The number of thioether (sulfide) groups is 2. The van der Waals surface area contributed by atoms with Gasteiger partial charge < -0.3 is 4.74 Å². The number of halogens is 3. The maximum Gasteiger partial charge on any atom is 0.575 e. The number of hydrogen-bond acceptors (Lipinski definition) is 4. The molecule has 0 aliphatic carbocycles. The summed E-state index contributed by atoms with van der Waals surface area (Å²) in [5, 5.41) is 0. The van der Waals surface area contributed by atoms with Crippen LogP contribution in [0.5, 0.6) is 0 Å². The highest BCUT2D eigenvalue weighted by Crippen LogP contribution is 2.50. The van der Waals surface area contributed by atoms with Crippen LogP contribution in [0.1, 0.15) is 66.8 Å². The number of aryl methyl sites for hydroxylation is 12. The molecular weight excluding hydrogens is 778 g/mol. The van der Waals surface area contributed by atoms with Crippen LogP contribution in [0.15, 0.2) is 82.6 Å². The van der Waals surface area contributed by atoms with Crippen LogP contribution in [-0.4, -0.2) is 24.3 Å². The first-order chi connectivity index (χ1) is 27.7. The Labute approximate surface area is 357 Å². The van der Waals surface area contributed by atoms with Crippen molar-refractivity contribution in [2.24, 2.45) is 0 Å². The summed E-state index contributed by atoms with van der Waals surface area (Å²) in [6.07, 6.45) is -2.92. The molecule has 0 amide bonds. The molecule has 6 aromatic rings. The fourth-order valence-corrected chi connectivity index (χ4v) is 11.1. The van der Waals surface area contributed by atoms with Gasteiger partial charge in [-0.1, -0.05) is 70.8 Å². The minimum atomic E-state index is -5.07. The van der Waals surface area contributed by atoms with Gasteiger partial charge >= 0.3 is 12.3 Å². The summed E-state index contributed by atoms with van der Waals surface area (Å²) in [4.78, 5) is 14.7. The van der Waals surface area contributed by atoms with Gasteiger partial charge in [-0.15, -0.1) is 36.7 Å². The van der Waals surface area contributed by atoms with Crippen molar-refractivity contribution in [3.8, 4) is 55.6 Å². The Bertz CT molecular complexity index is 2400. The number of ether oxygens (including phenoxy) is 1. The van der Waals surface area contributed by atoms with Crippen LogP contribution in [0, 0.1) is 83.1 Å². The molecule has 7 heteroatoms. The molecule has 0 saturated heterocycles. The summed E-state index contributed by atoms with van der Waals surface area (Å²) < 4.78 is 43.8. The summed E-state index contributed by atoms with van der Waals surface area (Å²) >= 11 is 2.86. The van der Waals surface area contributed by atoms with Crippen LogP contribution in [0.25, 0.3) is 55.6 Å². The lowest BCUT2D eigenvalue weighted by Crippen LogP contribution is -2.20. The predicted molar refractivity (Wildman–Crippen MR) is 245 cm³/mol. The highest BCUT2D eigenvalue weighted by atomic mass is 32.2. The van der Waals surface area contributed by atoms with Crippen LogP contribution in [0.4, 0.5) is 13.2 Å². The molecule has 306 valence electrons. The SMILES string of the molecule is CSc1c(-c2c(C)cc(C)cc2C)cc(-c2cc(-c3c(C)cc(C)cc3C)c(SCC(=O)OC(F)(F)F)c(-c3c(C)cc(C)cc3C)c2)cc1-c1c(C)cc(C)cc1C. The van der Waals surface area contributed by atoms with E-state index in [1.807, 2.05) is 0 Å². The summed E-state index contributed by atoms with van der Waals surface area (Å²) in [6.45, 7) is 25.4. The second-order valence-electron chi connectivity index (χ2n) is 16.3. The summed E-state index contributed by atoms with van der Waals surface area (Å²) in [5.41, 5.74) is 24.0. The second kappa shape index (κ2) is 17.1. The van der Waals surface area contributed by atoms with Gasteiger partial charge in [0.25, 0.3) is 0 Å². The predicted octanol–water partition coefficient (Wildman–Crippen LogP) is 15.6. The lowest BCUT2D eigenvalue weighted by molar-refractivity contribution is -0.304. The molecule has 0 spiro atoms. The zero-order chi connectivity index (χ0) is 43.2. The zero-order valence-corrected chi connectivity index (χ0v) is 38.0. The smallest absolute Gasteiger partial charge is 0.372 e.